The Kier molecular flexibility index (Phi) is 4.78. The molecule has 98 valence electrons. The monoisotopic (exact) mass is 310 g/mol. The molecule has 0 unspecified atom stereocenters. The van der Waals surface area contributed by atoms with Crippen molar-refractivity contribution in [1.82, 2.24) is 4.90 Å². The Morgan fingerprint density at radius 1 is 1.50 bits per heavy atom. The standard InChI is InChI=1S/C14H19BrN2O/c1-11-5-2-3-8-17(11)10-14(18)16-13-7-4-6-12(15)9-13/h4,6-7,9,11H,2-3,5,8,10H2,1H3,(H,16,18)/t11-/m1/s1. The van der Waals surface area contributed by atoms with Gasteiger partial charge < -0.3 is 5.32 Å². The number of nitrogens with one attached hydrogen (secondary N) is 1. The first kappa shape index (κ1) is 13.6. The van der Waals surface area contributed by atoms with Crippen LogP contribution < -0.4 is 5.32 Å². The fourth-order valence-corrected chi connectivity index (χ4v) is 2.74. The number of benzene rings is 1. The lowest BCUT2D eigenvalue weighted by Crippen LogP contribution is -2.42. The zero-order valence-electron chi connectivity index (χ0n) is 10.7. The first-order valence-electron chi connectivity index (χ1n) is 6.44. The maximum absolute atomic E-state index is 12.0. The summed E-state index contributed by atoms with van der Waals surface area (Å²) in [6.45, 7) is 3.73. The van der Waals surface area contributed by atoms with Gasteiger partial charge in [-0.15, -0.1) is 0 Å². The molecule has 0 saturated carbocycles. The van der Waals surface area contributed by atoms with Gasteiger partial charge in [-0.3, -0.25) is 9.69 Å². The van der Waals surface area contributed by atoms with E-state index in [1.54, 1.807) is 0 Å². The Morgan fingerprint density at radius 3 is 3.06 bits per heavy atom. The van der Waals surface area contributed by atoms with Gasteiger partial charge in [0.05, 0.1) is 6.54 Å². The normalized spacial score (nSPS) is 20.7. The second-order valence-corrected chi connectivity index (χ2v) is 5.79. The molecule has 3 nitrogen and oxygen atoms in total. The van der Waals surface area contributed by atoms with E-state index >= 15 is 0 Å². The second-order valence-electron chi connectivity index (χ2n) is 4.87. The number of carbonyl (C=O) groups excluding carboxylic acids is 1. The van der Waals surface area contributed by atoms with Crippen LogP contribution in [0, 0.1) is 0 Å². The summed E-state index contributed by atoms with van der Waals surface area (Å²) >= 11 is 3.40. The topological polar surface area (TPSA) is 32.3 Å². The molecule has 1 saturated heterocycles. The number of anilines is 1. The highest BCUT2D eigenvalue weighted by Crippen LogP contribution is 2.17. The number of rotatable bonds is 3. The molecule has 1 aromatic rings. The number of hydrogen-bond acceptors (Lipinski definition) is 2. The smallest absolute Gasteiger partial charge is 0.238 e. The molecule has 0 aromatic heterocycles. The molecule has 0 radical (unpaired) electrons. The fourth-order valence-electron chi connectivity index (χ4n) is 2.34. The fraction of sp³-hybridized carbons (Fsp3) is 0.500. The summed E-state index contributed by atoms with van der Waals surface area (Å²) in [5, 5.41) is 2.94. The molecule has 1 fully saturated rings. The van der Waals surface area contributed by atoms with Crippen LogP contribution in [0.3, 0.4) is 0 Å². The van der Waals surface area contributed by atoms with E-state index in [-0.39, 0.29) is 5.91 Å². The van der Waals surface area contributed by atoms with Crippen molar-refractivity contribution in [2.75, 3.05) is 18.4 Å². The number of halogens is 1. The van der Waals surface area contributed by atoms with Crippen LogP contribution in [-0.4, -0.2) is 29.9 Å². The van der Waals surface area contributed by atoms with Gasteiger partial charge in [-0.1, -0.05) is 28.4 Å². The van der Waals surface area contributed by atoms with Crippen molar-refractivity contribution in [3.63, 3.8) is 0 Å². The SMILES string of the molecule is C[C@@H]1CCCCN1CC(=O)Nc1cccc(Br)c1. The summed E-state index contributed by atoms with van der Waals surface area (Å²) in [4.78, 5) is 14.2. The van der Waals surface area contributed by atoms with E-state index in [4.69, 9.17) is 0 Å². The summed E-state index contributed by atoms with van der Waals surface area (Å²) in [5.41, 5.74) is 0.846. The first-order chi connectivity index (χ1) is 8.65. The summed E-state index contributed by atoms with van der Waals surface area (Å²) in [6.07, 6.45) is 3.68. The molecule has 1 N–H and O–H groups in total. The third-order valence-electron chi connectivity index (χ3n) is 3.40. The van der Waals surface area contributed by atoms with Gasteiger partial charge >= 0.3 is 0 Å². The van der Waals surface area contributed by atoms with E-state index in [0.717, 1.165) is 16.7 Å². The van der Waals surface area contributed by atoms with Gasteiger partial charge in [-0.25, -0.2) is 0 Å². The van der Waals surface area contributed by atoms with Crippen molar-refractivity contribution >= 4 is 27.5 Å². The van der Waals surface area contributed by atoms with Gasteiger partial charge in [0.2, 0.25) is 5.91 Å². The van der Waals surface area contributed by atoms with E-state index in [9.17, 15) is 4.79 Å². The lowest BCUT2D eigenvalue weighted by molar-refractivity contribution is -0.118. The zero-order chi connectivity index (χ0) is 13.0. The molecule has 1 amide bonds. The molecule has 1 aromatic carbocycles. The Balaban J connectivity index is 1.88. The minimum atomic E-state index is 0.0712. The maximum atomic E-state index is 12.0. The second kappa shape index (κ2) is 6.34. The molecule has 4 heteroatoms. The van der Waals surface area contributed by atoms with Crippen LogP contribution in [0.4, 0.5) is 5.69 Å². The Bertz CT molecular complexity index is 422. The Labute approximate surface area is 117 Å². The van der Waals surface area contributed by atoms with Crippen LogP contribution in [-0.2, 0) is 4.79 Å². The van der Waals surface area contributed by atoms with Crippen molar-refractivity contribution in [3.8, 4) is 0 Å². The average Bonchev–Trinajstić information content (AvgIpc) is 2.32. The molecule has 0 bridgehead atoms. The number of likely N-dealkylation sites (tertiary alicyclic amines) is 1. The Hall–Kier alpha value is -0.870. The van der Waals surface area contributed by atoms with Gasteiger partial charge in [0.1, 0.15) is 0 Å². The van der Waals surface area contributed by atoms with Crippen molar-refractivity contribution in [1.29, 1.82) is 0 Å². The molecular formula is C14H19BrN2O. The molecular weight excluding hydrogens is 292 g/mol. The van der Waals surface area contributed by atoms with Gasteiger partial charge in [0.25, 0.3) is 0 Å². The van der Waals surface area contributed by atoms with E-state index in [0.29, 0.717) is 12.6 Å². The van der Waals surface area contributed by atoms with E-state index in [1.807, 2.05) is 24.3 Å². The first-order valence-corrected chi connectivity index (χ1v) is 7.24. The highest BCUT2D eigenvalue weighted by molar-refractivity contribution is 9.10. The van der Waals surface area contributed by atoms with Gasteiger partial charge in [-0.2, -0.15) is 0 Å². The van der Waals surface area contributed by atoms with Crippen molar-refractivity contribution in [2.45, 2.75) is 32.2 Å². The zero-order valence-corrected chi connectivity index (χ0v) is 12.2. The van der Waals surface area contributed by atoms with E-state index in [2.05, 4.69) is 33.1 Å². The molecule has 0 aliphatic carbocycles. The number of amides is 1. The van der Waals surface area contributed by atoms with Crippen LogP contribution >= 0.6 is 15.9 Å². The molecule has 18 heavy (non-hydrogen) atoms. The minimum Gasteiger partial charge on any atom is -0.325 e. The van der Waals surface area contributed by atoms with E-state index < -0.39 is 0 Å². The maximum Gasteiger partial charge on any atom is 0.238 e. The molecule has 1 heterocycles. The predicted molar refractivity (Wildman–Crippen MR) is 77.7 cm³/mol. The molecule has 1 aliphatic heterocycles. The third-order valence-corrected chi connectivity index (χ3v) is 3.89. The van der Waals surface area contributed by atoms with Crippen molar-refractivity contribution in [3.05, 3.63) is 28.7 Å². The van der Waals surface area contributed by atoms with Crippen molar-refractivity contribution < 1.29 is 4.79 Å². The summed E-state index contributed by atoms with van der Waals surface area (Å²) in [5.74, 6) is 0.0712. The van der Waals surface area contributed by atoms with Crippen LogP contribution in [0.1, 0.15) is 26.2 Å². The number of nitrogens with zero attached hydrogens (tertiary/aromatic N) is 1. The molecule has 0 spiro atoms. The van der Waals surface area contributed by atoms with Crippen LogP contribution in [0.25, 0.3) is 0 Å². The van der Waals surface area contributed by atoms with E-state index in [1.165, 1.54) is 19.3 Å². The molecule has 2 rings (SSSR count). The summed E-state index contributed by atoms with van der Waals surface area (Å²) in [7, 11) is 0. The van der Waals surface area contributed by atoms with Crippen LogP contribution in [0.2, 0.25) is 0 Å². The number of piperidine rings is 1. The summed E-state index contributed by atoms with van der Waals surface area (Å²) in [6, 6.07) is 8.21. The van der Waals surface area contributed by atoms with Gasteiger partial charge in [-0.05, 0) is 44.5 Å². The van der Waals surface area contributed by atoms with Gasteiger partial charge in [0, 0.05) is 16.2 Å². The van der Waals surface area contributed by atoms with Crippen LogP contribution in [0.5, 0.6) is 0 Å². The number of carbonyl (C=O) groups is 1. The van der Waals surface area contributed by atoms with Crippen molar-refractivity contribution in [2.24, 2.45) is 0 Å². The third kappa shape index (κ3) is 3.82. The Morgan fingerprint density at radius 2 is 2.33 bits per heavy atom. The van der Waals surface area contributed by atoms with Crippen LogP contribution in [0.15, 0.2) is 28.7 Å². The highest BCUT2D eigenvalue weighted by atomic mass is 79.9. The van der Waals surface area contributed by atoms with Gasteiger partial charge in [0.15, 0.2) is 0 Å². The lowest BCUT2D eigenvalue weighted by atomic mass is 10.0. The number of hydrogen-bond donors (Lipinski definition) is 1. The average molecular weight is 311 g/mol. The lowest BCUT2D eigenvalue weighted by Gasteiger charge is -2.32. The minimum absolute atomic E-state index is 0.0712. The molecule has 1 atom stereocenters. The molecule has 1 aliphatic rings. The highest BCUT2D eigenvalue weighted by Gasteiger charge is 2.20. The largest absolute Gasteiger partial charge is 0.325 e. The quantitative estimate of drug-likeness (QED) is 0.929. The predicted octanol–water partition coefficient (Wildman–Crippen LogP) is 3.26. The summed E-state index contributed by atoms with van der Waals surface area (Å²) < 4.78 is 0.978.